The standard InChI is InChI=1S/C11H14ClNO2/c1-11(2)14-7-10(15-11)4-8-3-9(12)6-13-5-8/h3,5-6,10H,4,7H2,1-2H3/t10-/m1/s1. The molecular weight excluding hydrogens is 214 g/mol. The van der Waals surface area contributed by atoms with E-state index in [4.69, 9.17) is 21.1 Å². The summed E-state index contributed by atoms with van der Waals surface area (Å²) in [5.41, 5.74) is 1.08. The molecular formula is C11H14ClNO2. The molecule has 0 saturated carbocycles. The minimum atomic E-state index is -0.462. The van der Waals surface area contributed by atoms with Crippen molar-refractivity contribution in [3.8, 4) is 0 Å². The van der Waals surface area contributed by atoms with E-state index in [0.29, 0.717) is 11.6 Å². The number of halogens is 1. The smallest absolute Gasteiger partial charge is 0.163 e. The number of hydrogen-bond acceptors (Lipinski definition) is 3. The number of nitrogens with zero attached hydrogens (tertiary/aromatic N) is 1. The van der Waals surface area contributed by atoms with Gasteiger partial charge in [-0.05, 0) is 25.5 Å². The fourth-order valence-electron chi connectivity index (χ4n) is 1.69. The zero-order valence-electron chi connectivity index (χ0n) is 8.87. The molecule has 0 radical (unpaired) electrons. The number of ether oxygens (including phenoxy) is 2. The number of aromatic nitrogens is 1. The molecule has 1 aliphatic rings. The normalized spacial score (nSPS) is 24.3. The van der Waals surface area contributed by atoms with Crippen LogP contribution in [0.5, 0.6) is 0 Å². The molecule has 0 amide bonds. The maximum atomic E-state index is 5.85. The van der Waals surface area contributed by atoms with Crippen LogP contribution in [0, 0.1) is 0 Å². The number of pyridine rings is 1. The Morgan fingerprint density at radius 1 is 1.53 bits per heavy atom. The van der Waals surface area contributed by atoms with Gasteiger partial charge in [0.15, 0.2) is 5.79 Å². The molecule has 1 aromatic heterocycles. The van der Waals surface area contributed by atoms with Gasteiger partial charge in [-0.2, -0.15) is 0 Å². The monoisotopic (exact) mass is 227 g/mol. The van der Waals surface area contributed by atoms with E-state index < -0.39 is 5.79 Å². The van der Waals surface area contributed by atoms with Gasteiger partial charge in [-0.3, -0.25) is 4.98 Å². The van der Waals surface area contributed by atoms with Crippen molar-refractivity contribution in [1.82, 2.24) is 4.98 Å². The van der Waals surface area contributed by atoms with E-state index in [-0.39, 0.29) is 6.10 Å². The molecule has 1 fully saturated rings. The minimum Gasteiger partial charge on any atom is -0.348 e. The number of rotatable bonds is 2. The Hall–Kier alpha value is -0.640. The van der Waals surface area contributed by atoms with E-state index in [2.05, 4.69) is 4.98 Å². The summed E-state index contributed by atoms with van der Waals surface area (Å²) < 4.78 is 11.2. The highest BCUT2D eigenvalue weighted by Crippen LogP contribution is 2.24. The lowest BCUT2D eigenvalue weighted by atomic mass is 10.1. The van der Waals surface area contributed by atoms with Crippen LogP contribution in [0.15, 0.2) is 18.5 Å². The second-order valence-electron chi connectivity index (χ2n) is 4.17. The lowest BCUT2D eigenvalue weighted by Crippen LogP contribution is -2.22. The summed E-state index contributed by atoms with van der Waals surface area (Å²) in [6.45, 7) is 4.46. The van der Waals surface area contributed by atoms with Crippen molar-refractivity contribution >= 4 is 11.6 Å². The lowest BCUT2D eigenvalue weighted by Gasteiger charge is -2.16. The van der Waals surface area contributed by atoms with Crippen LogP contribution in [-0.4, -0.2) is 23.5 Å². The molecule has 1 aromatic rings. The topological polar surface area (TPSA) is 31.4 Å². The molecule has 4 heteroatoms. The third-order valence-corrected chi connectivity index (χ3v) is 2.50. The lowest BCUT2D eigenvalue weighted by molar-refractivity contribution is -0.138. The first-order valence-electron chi connectivity index (χ1n) is 4.96. The van der Waals surface area contributed by atoms with Crippen molar-refractivity contribution in [2.24, 2.45) is 0 Å². The first kappa shape index (κ1) is 10.9. The Balaban J connectivity index is 1.99. The van der Waals surface area contributed by atoms with Gasteiger partial charge in [0.25, 0.3) is 0 Å². The van der Waals surface area contributed by atoms with Gasteiger partial charge in [-0.1, -0.05) is 11.6 Å². The van der Waals surface area contributed by atoms with Crippen molar-refractivity contribution in [3.63, 3.8) is 0 Å². The predicted octanol–water partition coefficient (Wildman–Crippen LogP) is 2.43. The molecule has 0 aromatic carbocycles. The molecule has 3 nitrogen and oxygen atoms in total. The summed E-state index contributed by atoms with van der Waals surface area (Å²) in [6.07, 6.45) is 4.32. The van der Waals surface area contributed by atoms with E-state index in [1.165, 1.54) is 0 Å². The molecule has 0 N–H and O–H groups in total. The van der Waals surface area contributed by atoms with Crippen molar-refractivity contribution in [2.75, 3.05) is 6.61 Å². The van der Waals surface area contributed by atoms with Crippen LogP contribution in [0.3, 0.4) is 0 Å². The average molecular weight is 228 g/mol. The molecule has 82 valence electrons. The Labute approximate surface area is 94.4 Å². The average Bonchev–Trinajstić information content (AvgIpc) is 2.45. The summed E-state index contributed by atoms with van der Waals surface area (Å²) in [7, 11) is 0. The van der Waals surface area contributed by atoms with Crippen LogP contribution < -0.4 is 0 Å². The molecule has 0 aliphatic carbocycles. The number of hydrogen-bond donors (Lipinski definition) is 0. The van der Waals surface area contributed by atoms with Crippen LogP contribution in [0.2, 0.25) is 5.02 Å². The first-order valence-corrected chi connectivity index (χ1v) is 5.34. The third-order valence-electron chi connectivity index (χ3n) is 2.29. The van der Waals surface area contributed by atoms with Crippen LogP contribution in [-0.2, 0) is 15.9 Å². The van der Waals surface area contributed by atoms with Crippen LogP contribution in [0.1, 0.15) is 19.4 Å². The second kappa shape index (κ2) is 4.08. The van der Waals surface area contributed by atoms with Gasteiger partial charge in [0, 0.05) is 18.8 Å². The van der Waals surface area contributed by atoms with Crippen LogP contribution >= 0.6 is 11.6 Å². The van der Waals surface area contributed by atoms with Gasteiger partial charge >= 0.3 is 0 Å². The van der Waals surface area contributed by atoms with Crippen LogP contribution in [0.4, 0.5) is 0 Å². The van der Waals surface area contributed by atoms with Gasteiger partial charge in [0.05, 0.1) is 17.7 Å². The van der Waals surface area contributed by atoms with Crippen molar-refractivity contribution in [3.05, 3.63) is 29.0 Å². The fraction of sp³-hybridized carbons (Fsp3) is 0.545. The van der Waals surface area contributed by atoms with Gasteiger partial charge in [-0.15, -0.1) is 0 Å². The zero-order valence-corrected chi connectivity index (χ0v) is 9.62. The quantitative estimate of drug-likeness (QED) is 0.778. The van der Waals surface area contributed by atoms with Gasteiger partial charge in [-0.25, -0.2) is 0 Å². The van der Waals surface area contributed by atoms with Crippen molar-refractivity contribution in [1.29, 1.82) is 0 Å². The highest BCUT2D eigenvalue weighted by molar-refractivity contribution is 6.30. The van der Waals surface area contributed by atoms with Gasteiger partial charge in [0.2, 0.25) is 0 Å². The summed E-state index contributed by atoms with van der Waals surface area (Å²) in [6, 6.07) is 1.91. The Morgan fingerprint density at radius 3 is 2.93 bits per heavy atom. The molecule has 15 heavy (non-hydrogen) atoms. The Bertz CT molecular complexity index is 354. The SMILES string of the molecule is CC1(C)OC[C@@H](Cc2cncc(Cl)c2)O1. The molecule has 0 spiro atoms. The summed E-state index contributed by atoms with van der Waals surface area (Å²) in [4.78, 5) is 4.03. The zero-order chi connectivity index (χ0) is 10.9. The molecule has 1 atom stereocenters. The van der Waals surface area contributed by atoms with E-state index in [0.717, 1.165) is 12.0 Å². The Morgan fingerprint density at radius 2 is 2.33 bits per heavy atom. The van der Waals surface area contributed by atoms with Crippen molar-refractivity contribution in [2.45, 2.75) is 32.2 Å². The minimum absolute atomic E-state index is 0.0975. The van der Waals surface area contributed by atoms with E-state index >= 15 is 0 Å². The molecule has 2 heterocycles. The van der Waals surface area contributed by atoms with Gasteiger partial charge < -0.3 is 9.47 Å². The molecule has 2 rings (SSSR count). The highest BCUT2D eigenvalue weighted by atomic mass is 35.5. The molecule has 1 saturated heterocycles. The predicted molar refractivity (Wildman–Crippen MR) is 57.9 cm³/mol. The third kappa shape index (κ3) is 2.91. The Kier molecular flexibility index (Phi) is 2.96. The van der Waals surface area contributed by atoms with Crippen LogP contribution in [0.25, 0.3) is 0 Å². The summed E-state index contributed by atoms with van der Waals surface area (Å²) in [5.74, 6) is -0.462. The largest absolute Gasteiger partial charge is 0.348 e. The summed E-state index contributed by atoms with van der Waals surface area (Å²) in [5, 5.41) is 0.658. The second-order valence-corrected chi connectivity index (χ2v) is 4.60. The molecule has 0 unspecified atom stereocenters. The first-order chi connectivity index (χ1) is 7.05. The maximum absolute atomic E-state index is 5.85. The maximum Gasteiger partial charge on any atom is 0.163 e. The summed E-state index contributed by atoms with van der Waals surface area (Å²) >= 11 is 5.85. The van der Waals surface area contributed by atoms with E-state index in [1.807, 2.05) is 19.9 Å². The highest BCUT2D eigenvalue weighted by Gasteiger charge is 2.32. The van der Waals surface area contributed by atoms with E-state index in [9.17, 15) is 0 Å². The van der Waals surface area contributed by atoms with Crippen molar-refractivity contribution < 1.29 is 9.47 Å². The fourth-order valence-corrected chi connectivity index (χ4v) is 1.89. The van der Waals surface area contributed by atoms with E-state index in [1.54, 1.807) is 12.4 Å². The molecule has 1 aliphatic heterocycles. The molecule has 0 bridgehead atoms. The van der Waals surface area contributed by atoms with Gasteiger partial charge in [0.1, 0.15) is 0 Å².